The molecular formula is C19H17FN4O2S. The second kappa shape index (κ2) is 6.02. The van der Waals surface area contributed by atoms with Crippen LogP contribution >= 0.6 is 0 Å². The molecule has 0 aliphatic carbocycles. The standard InChI is InChI=1S/C19H17FN4O2S/c1-11-5-18(24-9-13(3)23-10-24)22-7-16(11)27(25,26)17-8-21-15-6-14(20)4-12(2)19(15)17/h4-10,21H,1-3H3. The highest BCUT2D eigenvalue weighted by Gasteiger charge is 2.25. The van der Waals surface area contributed by atoms with Crippen LogP contribution in [-0.2, 0) is 9.84 Å². The van der Waals surface area contributed by atoms with Crippen LogP contribution in [0.1, 0.15) is 16.8 Å². The Morgan fingerprint density at radius 2 is 1.81 bits per heavy atom. The minimum Gasteiger partial charge on any atom is -0.360 e. The van der Waals surface area contributed by atoms with Crippen molar-refractivity contribution in [3.05, 3.63) is 65.8 Å². The van der Waals surface area contributed by atoms with Gasteiger partial charge in [-0.25, -0.2) is 22.8 Å². The molecule has 4 aromatic rings. The maximum atomic E-state index is 13.6. The Morgan fingerprint density at radius 3 is 2.48 bits per heavy atom. The normalized spacial score (nSPS) is 12.0. The number of aromatic nitrogens is 4. The fourth-order valence-electron chi connectivity index (χ4n) is 3.23. The predicted molar refractivity (Wildman–Crippen MR) is 99.3 cm³/mol. The quantitative estimate of drug-likeness (QED) is 0.585. The summed E-state index contributed by atoms with van der Waals surface area (Å²) in [7, 11) is -3.82. The van der Waals surface area contributed by atoms with Crippen molar-refractivity contribution in [1.82, 2.24) is 19.5 Å². The lowest BCUT2D eigenvalue weighted by Crippen LogP contribution is -2.06. The number of nitrogens with zero attached hydrogens (tertiary/aromatic N) is 3. The second-order valence-electron chi connectivity index (χ2n) is 6.53. The molecule has 138 valence electrons. The number of H-pyrrole nitrogens is 1. The van der Waals surface area contributed by atoms with Crippen LogP contribution in [0.4, 0.5) is 4.39 Å². The molecule has 1 N–H and O–H groups in total. The number of rotatable bonds is 3. The number of benzene rings is 1. The van der Waals surface area contributed by atoms with Crippen LogP contribution in [0, 0.1) is 26.6 Å². The molecule has 0 saturated heterocycles. The number of imidazole rings is 1. The maximum Gasteiger partial charge on any atom is 0.210 e. The molecular weight excluding hydrogens is 367 g/mol. The average molecular weight is 384 g/mol. The largest absolute Gasteiger partial charge is 0.360 e. The molecule has 0 bridgehead atoms. The first kappa shape index (κ1) is 17.4. The fraction of sp³-hybridized carbons (Fsp3) is 0.158. The molecule has 1 aromatic carbocycles. The van der Waals surface area contributed by atoms with Crippen molar-refractivity contribution in [2.45, 2.75) is 30.6 Å². The van der Waals surface area contributed by atoms with E-state index < -0.39 is 15.7 Å². The van der Waals surface area contributed by atoms with E-state index in [1.54, 1.807) is 30.8 Å². The van der Waals surface area contributed by atoms with Crippen LogP contribution in [0.15, 0.2) is 52.9 Å². The minimum absolute atomic E-state index is 0.117. The van der Waals surface area contributed by atoms with Gasteiger partial charge in [-0.1, -0.05) is 0 Å². The van der Waals surface area contributed by atoms with Crippen LogP contribution in [0.25, 0.3) is 16.7 Å². The van der Waals surface area contributed by atoms with Crippen LogP contribution in [0.3, 0.4) is 0 Å². The van der Waals surface area contributed by atoms with E-state index in [0.717, 1.165) is 5.69 Å². The van der Waals surface area contributed by atoms with Crippen molar-refractivity contribution in [2.75, 3.05) is 0 Å². The van der Waals surface area contributed by atoms with E-state index in [9.17, 15) is 12.8 Å². The number of fused-ring (bicyclic) bond motifs is 1. The summed E-state index contributed by atoms with van der Waals surface area (Å²) < 4.78 is 41.8. The highest BCUT2D eigenvalue weighted by molar-refractivity contribution is 7.91. The molecule has 0 aliphatic rings. The summed E-state index contributed by atoms with van der Waals surface area (Å²) in [6.45, 7) is 5.28. The number of aryl methyl sites for hydroxylation is 3. The van der Waals surface area contributed by atoms with Crippen LogP contribution in [0.2, 0.25) is 0 Å². The number of aromatic amines is 1. The molecule has 0 saturated carbocycles. The molecule has 8 heteroatoms. The van der Waals surface area contributed by atoms with Crippen molar-refractivity contribution in [2.24, 2.45) is 0 Å². The molecule has 0 radical (unpaired) electrons. The summed E-state index contributed by atoms with van der Waals surface area (Å²) in [5.41, 5.74) is 2.41. The van der Waals surface area contributed by atoms with Crippen molar-refractivity contribution in [3.8, 4) is 5.82 Å². The van der Waals surface area contributed by atoms with E-state index in [0.29, 0.717) is 27.8 Å². The summed E-state index contributed by atoms with van der Waals surface area (Å²) in [6.07, 6.45) is 6.20. The lowest BCUT2D eigenvalue weighted by molar-refractivity contribution is 0.595. The minimum atomic E-state index is -3.82. The monoisotopic (exact) mass is 384 g/mol. The first-order valence-corrected chi connectivity index (χ1v) is 9.75. The number of hydrogen-bond acceptors (Lipinski definition) is 4. The van der Waals surface area contributed by atoms with E-state index in [1.807, 2.05) is 13.1 Å². The topological polar surface area (TPSA) is 80.6 Å². The van der Waals surface area contributed by atoms with Crippen LogP contribution < -0.4 is 0 Å². The Labute approximate surface area is 155 Å². The Morgan fingerprint density at radius 1 is 1.04 bits per heavy atom. The molecule has 0 amide bonds. The number of hydrogen-bond donors (Lipinski definition) is 1. The van der Waals surface area contributed by atoms with Gasteiger partial charge in [0, 0.05) is 29.5 Å². The molecule has 0 aliphatic heterocycles. The zero-order valence-corrected chi connectivity index (χ0v) is 15.8. The van der Waals surface area contributed by atoms with Crippen LogP contribution in [0.5, 0.6) is 0 Å². The van der Waals surface area contributed by atoms with Gasteiger partial charge in [0.1, 0.15) is 18.0 Å². The van der Waals surface area contributed by atoms with Crippen molar-refractivity contribution >= 4 is 20.7 Å². The molecule has 4 rings (SSSR count). The fourth-order valence-corrected chi connectivity index (χ4v) is 4.89. The van der Waals surface area contributed by atoms with Crippen molar-refractivity contribution < 1.29 is 12.8 Å². The number of sulfone groups is 1. The summed E-state index contributed by atoms with van der Waals surface area (Å²) in [5, 5.41) is 0.491. The molecule has 6 nitrogen and oxygen atoms in total. The second-order valence-corrected chi connectivity index (χ2v) is 8.42. The van der Waals surface area contributed by atoms with Gasteiger partial charge in [-0.2, -0.15) is 0 Å². The molecule has 0 unspecified atom stereocenters. The summed E-state index contributed by atoms with van der Waals surface area (Å²) >= 11 is 0. The van der Waals surface area contributed by atoms with E-state index in [4.69, 9.17) is 0 Å². The van der Waals surface area contributed by atoms with E-state index in [2.05, 4.69) is 15.0 Å². The first-order valence-electron chi connectivity index (χ1n) is 8.27. The Balaban J connectivity index is 1.86. The molecule has 3 aromatic heterocycles. The highest BCUT2D eigenvalue weighted by Crippen LogP contribution is 2.32. The van der Waals surface area contributed by atoms with Crippen molar-refractivity contribution in [1.29, 1.82) is 0 Å². The summed E-state index contributed by atoms with van der Waals surface area (Å²) in [4.78, 5) is 11.5. The highest BCUT2D eigenvalue weighted by atomic mass is 32.2. The van der Waals surface area contributed by atoms with Gasteiger partial charge in [-0.05, 0) is 50.1 Å². The molecule has 27 heavy (non-hydrogen) atoms. The number of pyridine rings is 1. The molecule has 0 atom stereocenters. The third kappa shape index (κ3) is 2.82. The predicted octanol–water partition coefficient (Wildman–Crippen LogP) is 3.65. The zero-order valence-electron chi connectivity index (χ0n) is 15.0. The zero-order chi connectivity index (χ0) is 19.3. The number of halogens is 1. The van der Waals surface area contributed by atoms with Gasteiger partial charge >= 0.3 is 0 Å². The third-order valence-corrected chi connectivity index (χ3v) is 6.42. The Bertz CT molecular complexity index is 1290. The molecule has 0 fully saturated rings. The average Bonchev–Trinajstić information content (AvgIpc) is 3.21. The maximum absolute atomic E-state index is 13.6. The van der Waals surface area contributed by atoms with Gasteiger partial charge in [-0.3, -0.25) is 4.57 Å². The smallest absolute Gasteiger partial charge is 0.210 e. The van der Waals surface area contributed by atoms with Gasteiger partial charge < -0.3 is 4.98 Å². The first-order chi connectivity index (χ1) is 12.8. The van der Waals surface area contributed by atoms with Gasteiger partial charge in [0.25, 0.3) is 0 Å². The van der Waals surface area contributed by atoms with E-state index >= 15 is 0 Å². The summed E-state index contributed by atoms with van der Waals surface area (Å²) in [6, 6.07) is 4.32. The third-order valence-electron chi connectivity index (χ3n) is 4.51. The molecule has 0 spiro atoms. The van der Waals surface area contributed by atoms with E-state index in [1.165, 1.54) is 24.5 Å². The Kier molecular flexibility index (Phi) is 3.88. The lowest BCUT2D eigenvalue weighted by atomic mass is 10.1. The van der Waals surface area contributed by atoms with Gasteiger partial charge in [-0.15, -0.1) is 0 Å². The van der Waals surface area contributed by atoms with E-state index in [-0.39, 0.29) is 9.79 Å². The Hall–Kier alpha value is -3.00. The summed E-state index contributed by atoms with van der Waals surface area (Å²) in [5.74, 6) is 0.174. The molecule has 3 heterocycles. The number of nitrogens with one attached hydrogen (secondary N) is 1. The van der Waals surface area contributed by atoms with Gasteiger partial charge in [0.2, 0.25) is 9.84 Å². The van der Waals surface area contributed by atoms with Crippen molar-refractivity contribution in [3.63, 3.8) is 0 Å². The van der Waals surface area contributed by atoms with Gasteiger partial charge in [0.15, 0.2) is 0 Å². The SMILES string of the molecule is Cc1cn(-c2cc(C)c(S(=O)(=O)c3c[nH]c4cc(F)cc(C)c34)cn2)cn1. The van der Waals surface area contributed by atoms with Crippen LogP contribution in [-0.4, -0.2) is 27.9 Å². The van der Waals surface area contributed by atoms with Gasteiger partial charge in [0.05, 0.1) is 15.5 Å². The lowest BCUT2D eigenvalue weighted by Gasteiger charge is -2.10.